The zero-order valence-corrected chi connectivity index (χ0v) is 11.9. The largest absolute Gasteiger partial charge is 0.493 e. The number of benzene rings is 1. The summed E-state index contributed by atoms with van der Waals surface area (Å²) in [4.78, 5) is 0. The first-order chi connectivity index (χ1) is 9.67. The molecule has 2 rings (SSSR count). The highest BCUT2D eigenvalue weighted by Gasteiger charge is 2.14. The summed E-state index contributed by atoms with van der Waals surface area (Å²) in [5.74, 6) is 1.78. The van der Waals surface area contributed by atoms with Crippen molar-refractivity contribution >= 4 is 0 Å². The Kier molecular flexibility index (Phi) is 4.47. The Morgan fingerprint density at radius 3 is 2.25 bits per heavy atom. The molecule has 1 heterocycles. The molecule has 6 heteroatoms. The lowest BCUT2D eigenvalue weighted by Crippen LogP contribution is -2.03. The van der Waals surface area contributed by atoms with Crippen LogP contribution < -0.4 is 19.9 Å². The van der Waals surface area contributed by atoms with Crippen LogP contribution in [-0.2, 0) is 20.2 Å². The second-order valence-corrected chi connectivity index (χ2v) is 4.34. The fourth-order valence-electron chi connectivity index (χ4n) is 1.90. The van der Waals surface area contributed by atoms with E-state index in [-0.39, 0.29) is 0 Å². The van der Waals surface area contributed by atoms with E-state index in [2.05, 4.69) is 5.10 Å². The molecule has 1 aromatic carbocycles. The van der Waals surface area contributed by atoms with E-state index in [1.54, 1.807) is 25.1 Å². The highest BCUT2D eigenvalue weighted by Crippen LogP contribution is 2.38. The third-order valence-corrected chi connectivity index (χ3v) is 2.90. The van der Waals surface area contributed by atoms with Crippen molar-refractivity contribution in [3.8, 4) is 17.2 Å². The lowest BCUT2D eigenvalue weighted by Gasteiger charge is -2.15. The van der Waals surface area contributed by atoms with E-state index in [0.717, 1.165) is 11.1 Å². The predicted octanol–water partition coefficient (Wildman–Crippen LogP) is 1.47. The van der Waals surface area contributed by atoms with Gasteiger partial charge in [-0.2, -0.15) is 5.10 Å². The van der Waals surface area contributed by atoms with Crippen molar-refractivity contribution < 1.29 is 14.2 Å². The summed E-state index contributed by atoms with van der Waals surface area (Å²) in [6.07, 6.45) is 3.65. The molecule has 0 saturated heterocycles. The molecule has 20 heavy (non-hydrogen) atoms. The average molecular weight is 277 g/mol. The molecule has 0 radical (unpaired) electrons. The summed E-state index contributed by atoms with van der Waals surface area (Å²) in [5.41, 5.74) is 7.55. The molecule has 0 aliphatic carbocycles. The third kappa shape index (κ3) is 3.03. The van der Waals surface area contributed by atoms with Gasteiger partial charge in [-0.1, -0.05) is 0 Å². The monoisotopic (exact) mass is 277 g/mol. The molecule has 108 valence electrons. The van der Waals surface area contributed by atoms with Crippen molar-refractivity contribution in [1.29, 1.82) is 0 Å². The van der Waals surface area contributed by atoms with Gasteiger partial charge in [0.25, 0.3) is 0 Å². The first-order valence-electron chi connectivity index (χ1n) is 6.23. The SMILES string of the molecule is COc1cc(CN)cc(OC)c1OCc1cnn(C)c1. The van der Waals surface area contributed by atoms with Gasteiger partial charge in [-0.05, 0) is 17.7 Å². The van der Waals surface area contributed by atoms with Crippen LogP contribution in [0.25, 0.3) is 0 Å². The van der Waals surface area contributed by atoms with Gasteiger partial charge in [-0.15, -0.1) is 0 Å². The topological polar surface area (TPSA) is 71.5 Å². The summed E-state index contributed by atoms with van der Waals surface area (Å²) >= 11 is 0. The van der Waals surface area contributed by atoms with Gasteiger partial charge in [0.05, 0.1) is 20.4 Å². The molecule has 0 unspecified atom stereocenters. The smallest absolute Gasteiger partial charge is 0.203 e. The Hall–Kier alpha value is -2.21. The second-order valence-electron chi connectivity index (χ2n) is 4.34. The van der Waals surface area contributed by atoms with Gasteiger partial charge < -0.3 is 19.9 Å². The summed E-state index contributed by atoms with van der Waals surface area (Å²) in [7, 11) is 5.04. The van der Waals surface area contributed by atoms with Crippen molar-refractivity contribution in [3.63, 3.8) is 0 Å². The zero-order valence-electron chi connectivity index (χ0n) is 11.9. The Morgan fingerprint density at radius 1 is 1.15 bits per heavy atom. The van der Waals surface area contributed by atoms with E-state index in [0.29, 0.717) is 30.4 Å². The fourth-order valence-corrected chi connectivity index (χ4v) is 1.90. The lowest BCUT2D eigenvalue weighted by molar-refractivity contribution is 0.265. The molecule has 1 aromatic heterocycles. The van der Waals surface area contributed by atoms with Gasteiger partial charge in [0.1, 0.15) is 6.61 Å². The first-order valence-corrected chi connectivity index (χ1v) is 6.23. The molecule has 0 amide bonds. The maximum Gasteiger partial charge on any atom is 0.203 e. The third-order valence-electron chi connectivity index (χ3n) is 2.90. The maximum atomic E-state index is 5.80. The van der Waals surface area contributed by atoms with Crippen LogP contribution in [0, 0.1) is 0 Å². The van der Waals surface area contributed by atoms with Crippen LogP contribution in [0.3, 0.4) is 0 Å². The molecule has 2 aromatic rings. The summed E-state index contributed by atoms with van der Waals surface area (Å²) in [6.45, 7) is 0.804. The van der Waals surface area contributed by atoms with Crippen LogP contribution in [0.5, 0.6) is 17.2 Å². The summed E-state index contributed by atoms with van der Waals surface area (Å²) < 4.78 is 18.2. The molecule has 0 saturated carbocycles. The molecule has 0 fully saturated rings. The van der Waals surface area contributed by atoms with Gasteiger partial charge in [-0.25, -0.2) is 0 Å². The van der Waals surface area contributed by atoms with Crippen LogP contribution in [0.15, 0.2) is 24.5 Å². The highest BCUT2D eigenvalue weighted by atomic mass is 16.5. The number of methoxy groups -OCH3 is 2. The van der Waals surface area contributed by atoms with Gasteiger partial charge in [-0.3, -0.25) is 4.68 Å². The Labute approximate surface area is 118 Å². The molecule has 0 atom stereocenters. The molecule has 2 N–H and O–H groups in total. The summed E-state index contributed by atoms with van der Waals surface area (Å²) in [5, 5.41) is 4.10. The van der Waals surface area contributed by atoms with E-state index < -0.39 is 0 Å². The van der Waals surface area contributed by atoms with Crippen molar-refractivity contribution in [2.45, 2.75) is 13.2 Å². The highest BCUT2D eigenvalue weighted by molar-refractivity contribution is 5.53. The second kappa shape index (κ2) is 6.29. The number of hydrogen-bond acceptors (Lipinski definition) is 5. The van der Waals surface area contributed by atoms with Gasteiger partial charge in [0.2, 0.25) is 5.75 Å². The number of ether oxygens (including phenoxy) is 3. The van der Waals surface area contributed by atoms with Crippen molar-refractivity contribution in [3.05, 3.63) is 35.7 Å². The van der Waals surface area contributed by atoms with Crippen LogP contribution in [0.4, 0.5) is 0 Å². The Morgan fingerprint density at radius 2 is 1.80 bits per heavy atom. The fraction of sp³-hybridized carbons (Fsp3) is 0.357. The normalized spacial score (nSPS) is 10.4. The van der Waals surface area contributed by atoms with E-state index in [4.69, 9.17) is 19.9 Å². The van der Waals surface area contributed by atoms with Crippen LogP contribution in [-0.4, -0.2) is 24.0 Å². The number of aryl methyl sites for hydroxylation is 1. The number of rotatable bonds is 6. The van der Waals surface area contributed by atoms with Crippen molar-refractivity contribution in [1.82, 2.24) is 9.78 Å². The summed E-state index contributed by atoms with van der Waals surface area (Å²) in [6, 6.07) is 3.70. The molecule has 6 nitrogen and oxygen atoms in total. The van der Waals surface area contributed by atoms with E-state index in [1.165, 1.54) is 0 Å². The molecular formula is C14H19N3O3. The average Bonchev–Trinajstić information content (AvgIpc) is 2.89. The first kappa shape index (κ1) is 14.2. The maximum absolute atomic E-state index is 5.80. The molecular weight excluding hydrogens is 258 g/mol. The van der Waals surface area contributed by atoms with E-state index in [9.17, 15) is 0 Å². The van der Waals surface area contributed by atoms with Crippen molar-refractivity contribution in [2.24, 2.45) is 12.8 Å². The molecule has 0 aliphatic heterocycles. The number of aromatic nitrogens is 2. The minimum Gasteiger partial charge on any atom is -0.493 e. The molecule has 0 aliphatic rings. The van der Waals surface area contributed by atoms with Gasteiger partial charge >= 0.3 is 0 Å². The van der Waals surface area contributed by atoms with E-state index in [1.807, 2.05) is 25.4 Å². The standard InChI is InChI=1S/C14H19N3O3/c1-17-8-11(7-16-17)9-20-14-12(18-2)4-10(6-15)5-13(14)19-3/h4-5,7-8H,6,9,15H2,1-3H3. The number of nitrogens with zero attached hydrogens (tertiary/aromatic N) is 2. The van der Waals surface area contributed by atoms with Crippen LogP contribution in [0.2, 0.25) is 0 Å². The lowest BCUT2D eigenvalue weighted by atomic mass is 10.2. The van der Waals surface area contributed by atoms with Gasteiger partial charge in [0.15, 0.2) is 11.5 Å². The zero-order chi connectivity index (χ0) is 14.5. The van der Waals surface area contributed by atoms with Crippen LogP contribution in [0.1, 0.15) is 11.1 Å². The van der Waals surface area contributed by atoms with Crippen LogP contribution >= 0.6 is 0 Å². The predicted molar refractivity (Wildman–Crippen MR) is 75.0 cm³/mol. The molecule has 0 spiro atoms. The minimum atomic E-state index is 0.391. The van der Waals surface area contributed by atoms with Gasteiger partial charge in [0, 0.05) is 25.4 Å². The van der Waals surface area contributed by atoms with Crippen molar-refractivity contribution in [2.75, 3.05) is 14.2 Å². The number of nitrogens with two attached hydrogens (primary N) is 1. The number of hydrogen-bond donors (Lipinski definition) is 1. The Balaban J connectivity index is 2.24. The van der Waals surface area contributed by atoms with E-state index >= 15 is 0 Å². The Bertz CT molecular complexity index is 556. The quantitative estimate of drug-likeness (QED) is 0.865. The minimum absolute atomic E-state index is 0.391. The molecule has 0 bridgehead atoms.